The van der Waals surface area contributed by atoms with Crippen molar-refractivity contribution in [2.45, 2.75) is 0 Å². The number of ketones is 2. The smallest absolute Gasteiger partial charge is 0.195 e. The van der Waals surface area contributed by atoms with Crippen molar-refractivity contribution in [1.82, 2.24) is 0 Å². The molecule has 6 rings (SSSR count). The summed E-state index contributed by atoms with van der Waals surface area (Å²) in [5.74, 6) is 1.75. The zero-order valence-corrected chi connectivity index (χ0v) is 25.8. The van der Waals surface area contributed by atoms with E-state index in [0.29, 0.717) is 66.7 Å². The lowest BCUT2D eigenvalue weighted by molar-refractivity contribution is 0.103. The number of nitrogen functional groups attached to an aromatic ring is 2. The highest BCUT2D eigenvalue weighted by Gasteiger charge is 2.16. The molecule has 0 unspecified atom stereocenters. The summed E-state index contributed by atoms with van der Waals surface area (Å²) in [5, 5.41) is 1.10. The van der Waals surface area contributed by atoms with Crippen LogP contribution >= 0.6 is 23.2 Å². The fraction of sp³-hybridized carbons (Fsp3) is 0. The Balaban J connectivity index is 1.12. The minimum atomic E-state index is -0.217. The summed E-state index contributed by atoms with van der Waals surface area (Å²) in [7, 11) is 0. The van der Waals surface area contributed by atoms with E-state index in [1.165, 1.54) is 0 Å². The Morgan fingerprint density at radius 3 is 1.11 bits per heavy atom. The first-order valence-electron chi connectivity index (χ1n) is 14.2. The van der Waals surface area contributed by atoms with Crippen molar-refractivity contribution in [3.8, 4) is 34.1 Å². The van der Waals surface area contributed by atoms with Crippen molar-refractivity contribution in [3.63, 3.8) is 0 Å². The molecular formula is C38H26Cl2N2O4. The summed E-state index contributed by atoms with van der Waals surface area (Å²) in [6, 6.07) is 38.5. The van der Waals surface area contributed by atoms with Gasteiger partial charge in [0.2, 0.25) is 0 Å². The Morgan fingerprint density at radius 2 is 0.761 bits per heavy atom. The maximum atomic E-state index is 13.0. The summed E-state index contributed by atoms with van der Waals surface area (Å²) in [6.45, 7) is 0. The number of hydrogen-bond acceptors (Lipinski definition) is 6. The van der Waals surface area contributed by atoms with Gasteiger partial charge >= 0.3 is 0 Å². The maximum Gasteiger partial charge on any atom is 0.195 e. The average molecular weight is 646 g/mol. The Labute approximate surface area is 275 Å². The van der Waals surface area contributed by atoms with Gasteiger partial charge in [-0.2, -0.15) is 0 Å². The van der Waals surface area contributed by atoms with E-state index in [4.69, 9.17) is 44.1 Å². The first-order chi connectivity index (χ1) is 22.2. The van der Waals surface area contributed by atoms with E-state index < -0.39 is 0 Å². The molecule has 46 heavy (non-hydrogen) atoms. The zero-order valence-electron chi connectivity index (χ0n) is 24.2. The molecule has 0 saturated carbocycles. The highest BCUT2D eigenvalue weighted by Crippen LogP contribution is 2.32. The summed E-state index contributed by atoms with van der Waals surface area (Å²) < 4.78 is 12.1. The molecule has 0 radical (unpaired) electrons. The minimum absolute atomic E-state index is 0.217. The topological polar surface area (TPSA) is 105 Å². The zero-order chi connectivity index (χ0) is 32.2. The summed E-state index contributed by atoms with van der Waals surface area (Å²) in [6.07, 6.45) is 0. The van der Waals surface area contributed by atoms with Crippen LogP contribution in [0.3, 0.4) is 0 Å². The van der Waals surface area contributed by atoms with Crippen LogP contribution in [0.15, 0.2) is 133 Å². The predicted octanol–water partition coefficient (Wildman–Crippen LogP) is 9.87. The van der Waals surface area contributed by atoms with Gasteiger partial charge in [-0.1, -0.05) is 47.5 Å². The number of ether oxygens (including phenoxy) is 2. The predicted molar refractivity (Wildman–Crippen MR) is 184 cm³/mol. The molecule has 0 fully saturated rings. The Hall–Kier alpha value is -5.56. The third-order valence-electron chi connectivity index (χ3n) is 7.26. The Bertz CT molecular complexity index is 1890. The van der Waals surface area contributed by atoms with Gasteiger partial charge < -0.3 is 20.9 Å². The van der Waals surface area contributed by atoms with Crippen LogP contribution in [-0.4, -0.2) is 11.6 Å². The number of anilines is 2. The molecule has 0 saturated heterocycles. The Morgan fingerprint density at radius 1 is 0.435 bits per heavy atom. The normalized spacial score (nSPS) is 10.7. The molecule has 0 aliphatic carbocycles. The first kappa shape index (κ1) is 30.5. The van der Waals surface area contributed by atoms with E-state index in [1.54, 1.807) is 84.9 Å². The van der Waals surface area contributed by atoms with Crippen molar-refractivity contribution in [2.75, 3.05) is 11.5 Å². The molecule has 8 heteroatoms. The second-order valence-electron chi connectivity index (χ2n) is 10.4. The molecule has 0 spiro atoms. The van der Waals surface area contributed by atoms with Crippen LogP contribution in [-0.2, 0) is 0 Å². The van der Waals surface area contributed by atoms with Crippen molar-refractivity contribution in [1.29, 1.82) is 0 Å². The first-order valence-corrected chi connectivity index (χ1v) is 14.9. The Kier molecular flexibility index (Phi) is 8.74. The monoisotopic (exact) mass is 644 g/mol. The number of carbonyl (C=O) groups excluding carboxylic acids is 2. The van der Waals surface area contributed by atoms with Crippen LogP contribution in [0.2, 0.25) is 10.0 Å². The van der Waals surface area contributed by atoms with Gasteiger partial charge in [0.25, 0.3) is 0 Å². The second-order valence-corrected chi connectivity index (χ2v) is 11.3. The van der Waals surface area contributed by atoms with Gasteiger partial charge in [-0.3, -0.25) is 9.59 Å². The van der Waals surface area contributed by atoms with Crippen LogP contribution in [0.25, 0.3) is 11.1 Å². The summed E-state index contributed by atoms with van der Waals surface area (Å²) >= 11 is 11.9. The van der Waals surface area contributed by atoms with Crippen molar-refractivity contribution in [2.24, 2.45) is 0 Å². The average Bonchev–Trinajstić information content (AvgIpc) is 3.07. The second kappa shape index (κ2) is 13.2. The third kappa shape index (κ3) is 6.89. The van der Waals surface area contributed by atoms with Crippen molar-refractivity contribution >= 4 is 46.1 Å². The highest BCUT2D eigenvalue weighted by molar-refractivity contribution is 6.31. The lowest BCUT2D eigenvalue weighted by Crippen LogP contribution is -2.05. The summed E-state index contributed by atoms with van der Waals surface area (Å²) in [5.41, 5.74) is 16.5. The molecule has 0 bridgehead atoms. The molecule has 0 heterocycles. The largest absolute Gasteiger partial charge is 0.457 e. The van der Waals surface area contributed by atoms with Gasteiger partial charge in [0, 0.05) is 43.7 Å². The molecule has 0 aliphatic heterocycles. The highest BCUT2D eigenvalue weighted by atomic mass is 35.5. The number of hydrogen-bond donors (Lipinski definition) is 2. The van der Waals surface area contributed by atoms with E-state index >= 15 is 0 Å². The van der Waals surface area contributed by atoms with Gasteiger partial charge in [0.1, 0.15) is 23.0 Å². The lowest BCUT2D eigenvalue weighted by Gasteiger charge is -2.11. The third-order valence-corrected chi connectivity index (χ3v) is 7.77. The van der Waals surface area contributed by atoms with Crippen molar-refractivity contribution < 1.29 is 19.1 Å². The molecular weight excluding hydrogens is 619 g/mol. The molecule has 0 aliphatic rings. The fourth-order valence-corrected chi connectivity index (χ4v) is 5.06. The fourth-order valence-electron chi connectivity index (χ4n) is 4.81. The number of rotatable bonds is 9. The van der Waals surface area contributed by atoms with Crippen LogP contribution in [0.1, 0.15) is 31.8 Å². The van der Waals surface area contributed by atoms with Crippen LogP contribution in [0.4, 0.5) is 11.4 Å². The number of nitrogens with two attached hydrogens (primary N) is 2. The molecule has 6 aromatic rings. The minimum Gasteiger partial charge on any atom is -0.457 e. The van der Waals surface area contributed by atoms with Gasteiger partial charge in [0.05, 0.1) is 0 Å². The molecule has 0 aromatic heterocycles. The van der Waals surface area contributed by atoms with Crippen molar-refractivity contribution in [3.05, 3.63) is 166 Å². The SMILES string of the molecule is Nc1ccc(Oc2ccc(-c3ccc(Oc4ccc(N)c(C(=O)c5ccc(Cl)cc5)c4)cc3)cc2)cc1C(=O)c1ccc(Cl)cc1. The maximum absolute atomic E-state index is 13.0. The molecule has 6 aromatic carbocycles. The van der Waals surface area contributed by atoms with Crippen LogP contribution in [0.5, 0.6) is 23.0 Å². The van der Waals surface area contributed by atoms with Gasteiger partial charge in [-0.05, 0) is 120 Å². The molecule has 4 N–H and O–H groups in total. The van der Waals surface area contributed by atoms with Crippen LogP contribution in [0, 0.1) is 0 Å². The van der Waals surface area contributed by atoms with E-state index in [9.17, 15) is 9.59 Å². The van der Waals surface area contributed by atoms with E-state index in [-0.39, 0.29) is 11.6 Å². The molecule has 6 nitrogen and oxygen atoms in total. The quantitative estimate of drug-likeness (QED) is 0.120. The number of carbonyl (C=O) groups is 2. The van der Waals surface area contributed by atoms with Gasteiger partial charge in [-0.15, -0.1) is 0 Å². The van der Waals surface area contributed by atoms with E-state index in [2.05, 4.69) is 0 Å². The van der Waals surface area contributed by atoms with Gasteiger partial charge in [-0.25, -0.2) is 0 Å². The van der Waals surface area contributed by atoms with E-state index in [0.717, 1.165) is 11.1 Å². The number of halogens is 2. The lowest BCUT2D eigenvalue weighted by atomic mass is 10.0. The molecule has 226 valence electrons. The number of benzene rings is 6. The van der Waals surface area contributed by atoms with Crippen LogP contribution < -0.4 is 20.9 Å². The van der Waals surface area contributed by atoms with E-state index in [1.807, 2.05) is 48.5 Å². The molecule has 0 amide bonds. The molecule has 0 atom stereocenters. The summed E-state index contributed by atoms with van der Waals surface area (Å²) in [4.78, 5) is 26.0. The van der Waals surface area contributed by atoms with Gasteiger partial charge in [0.15, 0.2) is 11.6 Å². The standard InChI is InChI=1S/C38H26Cl2N2O4/c39-27-9-1-25(2-10-27)37(43)33-21-31(17-19-35(33)41)45-29-13-5-23(6-14-29)24-7-15-30(16-8-24)46-32-18-20-36(42)34(22-32)38(44)26-3-11-28(40)12-4-26/h1-22H,41-42H2.